The molecular weight excluding hydrogens is 97.7 g/mol. The van der Waals surface area contributed by atoms with E-state index in [0.29, 0.717) is 5.40 Å². The van der Waals surface area contributed by atoms with Crippen LogP contribution in [0.15, 0.2) is 0 Å². The summed E-state index contributed by atoms with van der Waals surface area (Å²) in [6, 6.07) is 0. The summed E-state index contributed by atoms with van der Waals surface area (Å²) in [7, 11) is 0. The van der Waals surface area contributed by atoms with Crippen LogP contribution in [0.1, 0.15) is 12.8 Å². The minimum atomic E-state index is 0.500. The molecule has 0 radical (unpaired) electrons. The molecule has 0 N–H and O–H groups in total. The highest BCUT2D eigenvalue weighted by atomic mass is 16.5. The molecule has 1 nitrogen and oxygen atoms in total. The van der Waals surface area contributed by atoms with E-state index in [1.807, 2.05) is 0 Å². The van der Waals surface area contributed by atoms with Gasteiger partial charge in [0.2, 0.25) is 0 Å². The Morgan fingerprint density at radius 1 is 1.38 bits per heavy atom. The van der Waals surface area contributed by atoms with E-state index in [4.69, 9.17) is 4.74 Å². The highest BCUT2D eigenvalue weighted by molar-refractivity contribution is 7.61. The lowest BCUT2D eigenvalue weighted by Crippen LogP contribution is -2.23. The van der Waals surface area contributed by atoms with Crippen molar-refractivity contribution in [2.45, 2.75) is 24.5 Å². The van der Waals surface area contributed by atoms with Gasteiger partial charge in [-0.05, 0) is 12.8 Å². The molecule has 8 heavy (non-hydrogen) atoms. The Labute approximate surface area is 49.9 Å². The first kappa shape index (κ1) is 3.99. The van der Waals surface area contributed by atoms with Crippen molar-refractivity contribution in [3.8, 4) is 0 Å². The van der Waals surface area contributed by atoms with Gasteiger partial charge in [0.05, 0.1) is 0 Å². The molecule has 3 aliphatic rings. The van der Waals surface area contributed by atoms with Crippen LogP contribution in [0.2, 0.25) is 6.22 Å². The number of ether oxygens (including phenoxy) is 1. The van der Waals surface area contributed by atoms with Gasteiger partial charge >= 0.3 is 0 Å². The van der Waals surface area contributed by atoms with Gasteiger partial charge in [0.15, 0.2) is 0 Å². The topological polar surface area (TPSA) is 9.23 Å². The molecule has 0 amide bonds. The van der Waals surface area contributed by atoms with E-state index in [1.54, 1.807) is 0 Å². The van der Waals surface area contributed by atoms with Crippen molar-refractivity contribution in [2.24, 2.45) is 0 Å². The van der Waals surface area contributed by atoms with Gasteiger partial charge < -0.3 is 4.74 Å². The minimum Gasteiger partial charge on any atom is -0.393 e. The summed E-state index contributed by atoms with van der Waals surface area (Å²) >= 11 is 0. The van der Waals surface area contributed by atoms with Crippen molar-refractivity contribution in [3.05, 3.63) is 0 Å². The maximum absolute atomic E-state index is 5.61. The third-order valence-electron chi connectivity index (χ3n) is 3.02. The van der Waals surface area contributed by atoms with Gasteiger partial charge in [-0.25, -0.2) is 0 Å². The summed E-state index contributed by atoms with van der Waals surface area (Å²) in [6.07, 6.45) is 4.19. The zero-order valence-electron chi connectivity index (χ0n) is 4.89. The molecule has 0 atom stereocenters. The molecular formula is C5H8B2O. The van der Waals surface area contributed by atoms with Crippen LogP contribution < -0.4 is 0 Å². The van der Waals surface area contributed by atoms with E-state index >= 15 is 0 Å². The molecule has 0 aliphatic carbocycles. The van der Waals surface area contributed by atoms with E-state index in [0.717, 1.165) is 19.8 Å². The standard InChI is InChI=1S/C5H8B2O/c1-2-5(8-3-1)6-4-7(5)6/h1-4H2. The van der Waals surface area contributed by atoms with Crippen molar-refractivity contribution in [2.75, 3.05) is 6.61 Å². The molecule has 3 aliphatic heterocycles. The quantitative estimate of drug-likeness (QED) is 0.402. The molecule has 0 saturated carbocycles. The number of fused-ring (bicyclic) bond motifs is 3. The van der Waals surface area contributed by atoms with Crippen LogP contribution >= 0.6 is 0 Å². The first-order valence-corrected chi connectivity index (χ1v) is 3.57. The fraction of sp³-hybridized carbons (Fsp3) is 1.00. The molecule has 3 saturated heterocycles. The van der Waals surface area contributed by atoms with Crippen LogP contribution in [-0.4, -0.2) is 25.2 Å². The summed E-state index contributed by atoms with van der Waals surface area (Å²) in [5.41, 5.74) is 0. The molecule has 1 spiro atoms. The number of hydrogen-bond acceptors (Lipinski definition) is 1. The second-order valence-electron chi connectivity index (χ2n) is 3.36. The molecule has 0 aromatic rings. The first-order chi connectivity index (χ1) is 3.93. The average molecular weight is 106 g/mol. The van der Waals surface area contributed by atoms with Gasteiger partial charge in [-0.2, -0.15) is 0 Å². The van der Waals surface area contributed by atoms with Gasteiger partial charge in [0.25, 0.3) is 0 Å². The van der Waals surface area contributed by atoms with Crippen LogP contribution in [0.25, 0.3) is 0 Å². The third-order valence-corrected chi connectivity index (χ3v) is 3.02. The fourth-order valence-corrected chi connectivity index (χ4v) is 2.28. The largest absolute Gasteiger partial charge is 0.393 e. The van der Waals surface area contributed by atoms with Crippen LogP contribution in [-0.2, 0) is 4.74 Å². The highest BCUT2D eigenvalue weighted by Gasteiger charge is 2.82. The Morgan fingerprint density at radius 3 is 2.50 bits per heavy atom. The average Bonchev–Trinajstić information content (AvgIpc) is 2.58. The third kappa shape index (κ3) is 0.251. The number of rotatable bonds is 0. The van der Waals surface area contributed by atoms with Crippen LogP contribution in [0.3, 0.4) is 0 Å². The normalized spacial score (nSPS) is 36.0. The van der Waals surface area contributed by atoms with E-state index in [-0.39, 0.29) is 0 Å². The van der Waals surface area contributed by atoms with Gasteiger partial charge in [0, 0.05) is 12.0 Å². The lowest BCUT2D eigenvalue weighted by atomic mass is 9.70. The Kier molecular flexibility index (Phi) is 0.450. The Balaban J connectivity index is 1.90. The fourth-order valence-electron chi connectivity index (χ4n) is 2.28. The lowest BCUT2D eigenvalue weighted by molar-refractivity contribution is 0.140. The van der Waals surface area contributed by atoms with E-state index in [2.05, 4.69) is 0 Å². The monoisotopic (exact) mass is 106 g/mol. The van der Waals surface area contributed by atoms with E-state index in [1.165, 1.54) is 19.1 Å². The molecule has 40 valence electrons. The second-order valence-corrected chi connectivity index (χ2v) is 3.36. The van der Waals surface area contributed by atoms with Crippen LogP contribution in [0.5, 0.6) is 0 Å². The summed E-state index contributed by atoms with van der Waals surface area (Å²) < 4.78 is 5.61. The van der Waals surface area contributed by atoms with E-state index < -0.39 is 0 Å². The minimum absolute atomic E-state index is 0.500. The summed E-state index contributed by atoms with van der Waals surface area (Å²) in [5.74, 6) is 0. The summed E-state index contributed by atoms with van der Waals surface area (Å²) in [4.78, 5) is 0. The Hall–Kier alpha value is 0.0899. The zero-order chi connectivity index (χ0) is 5.19. The molecule has 3 rings (SSSR count). The van der Waals surface area contributed by atoms with Gasteiger partial charge in [-0.3, -0.25) is 0 Å². The van der Waals surface area contributed by atoms with Gasteiger partial charge in [-0.15, -0.1) is 6.22 Å². The predicted molar refractivity (Wildman–Crippen MR) is 34.2 cm³/mol. The van der Waals surface area contributed by atoms with Crippen molar-refractivity contribution in [3.63, 3.8) is 0 Å². The number of hydrogen-bond donors (Lipinski definition) is 0. The predicted octanol–water partition coefficient (Wildman–Crippen LogP) is 0.248. The lowest BCUT2D eigenvalue weighted by Gasteiger charge is -2.14. The van der Waals surface area contributed by atoms with Crippen molar-refractivity contribution in [1.29, 1.82) is 0 Å². The van der Waals surface area contributed by atoms with E-state index in [9.17, 15) is 0 Å². The first-order valence-electron chi connectivity index (χ1n) is 3.57. The highest BCUT2D eigenvalue weighted by Crippen LogP contribution is 2.60. The Morgan fingerprint density at radius 2 is 2.25 bits per heavy atom. The summed E-state index contributed by atoms with van der Waals surface area (Å²) in [6.45, 7) is 3.11. The van der Waals surface area contributed by atoms with Crippen LogP contribution in [0, 0.1) is 0 Å². The molecule has 0 aromatic carbocycles. The zero-order valence-corrected chi connectivity index (χ0v) is 4.89. The molecule has 0 aromatic heterocycles. The Bertz CT molecular complexity index is 131. The smallest absolute Gasteiger partial charge is 0.133 e. The van der Waals surface area contributed by atoms with Gasteiger partial charge in [0.1, 0.15) is 13.2 Å². The molecule has 3 heteroatoms. The van der Waals surface area contributed by atoms with Gasteiger partial charge in [-0.1, -0.05) is 0 Å². The molecule has 3 heterocycles. The molecule has 0 bridgehead atoms. The van der Waals surface area contributed by atoms with Crippen molar-refractivity contribution < 1.29 is 4.74 Å². The summed E-state index contributed by atoms with van der Waals surface area (Å²) in [5, 5.41) is 0.500. The SMILES string of the molecule is C1COC2(C1)B1CB12. The maximum Gasteiger partial charge on any atom is 0.133 e. The van der Waals surface area contributed by atoms with Crippen LogP contribution in [0.4, 0.5) is 0 Å². The maximum atomic E-state index is 5.61. The van der Waals surface area contributed by atoms with Crippen molar-refractivity contribution in [1.82, 2.24) is 0 Å². The molecule has 0 unspecified atom stereocenters. The molecule has 3 fully saturated rings. The van der Waals surface area contributed by atoms with Crippen molar-refractivity contribution >= 4 is 13.2 Å². The second kappa shape index (κ2) is 0.900.